The highest BCUT2D eigenvalue weighted by molar-refractivity contribution is 5.50. The summed E-state index contributed by atoms with van der Waals surface area (Å²) in [6, 6.07) is 9.28. The van der Waals surface area contributed by atoms with Crippen LogP contribution in [0.1, 0.15) is 104 Å². The van der Waals surface area contributed by atoms with Crippen molar-refractivity contribution >= 4 is 5.69 Å². The van der Waals surface area contributed by atoms with Crippen molar-refractivity contribution in [1.29, 1.82) is 0 Å². The molecule has 1 aromatic rings. The van der Waals surface area contributed by atoms with Gasteiger partial charge in [0.2, 0.25) is 0 Å². The van der Waals surface area contributed by atoms with Crippen molar-refractivity contribution in [2.75, 3.05) is 5.32 Å². The van der Waals surface area contributed by atoms with E-state index in [4.69, 9.17) is 0 Å². The van der Waals surface area contributed by atoms with Crippen LogP contribution in [0, 0.1) is 47.3 Å². The molecule has 0 spiro atoms. The first-order valence-corrected chi connectivity index (χ1v) is 14.3. The maximum absolute atomic E-state index is 3.76. The molecule has 0 radical (unpaired) electrons. The molecule has 4 aliphatic rings. The minimum absolute atomic E-state index is 0.513. The molecular weight excluding hydrogens is 398 g/mol. The monoisotopic (exact) mass is 447 g/mol. The third-order valence-electron chi connectivity index (χ3n) is 11.2. The van der Waals surface area contributed by atoms with Gasteiger partial charge in [-0.05, 0) is 124 Å². The Hall–Kier alpha value is -1.24. The summed E-state index contributed by atoms with van der Waals surface area (Å²) in [5.41, 5.74) is 5.60. The van der Waals surface area contributed by atoms with Crippen LogP contribution in [0.25, 0.3) is 0 Å². The number of benzene rings is 1. The normalized spacial score (nSPS) is 40.9. The number of hydrogen-bond acceptors (Lipinski definition) is 1. The van der Waals surface area contributed by atoms with Gasteiger partial charge in [-0.25, -0.2) is 0 Å². The van der Waals surface area contributed by atoms with Crippen LogP contribution in [-0.4, -0.2) is 6.04 Å². The van der Waals surface area contributed by atoms with Gasteiger partial charge in [-0.2, -0.15) is 0 Å². The van der Waals surface area contributed by atoms with E-state index in [1.807, 2.05) is 5.57 Å². The summed E-state index contributed by atoms with van der Waals surface area (Å²) in [5, 5.41) is 3.76. The van der Waals surface area contributed by atoms with E-state index < -0.39 is 0 Å². The van der Waals surface area contributed by atoms with Crippen LogP contribution < -0.4 is 5.32 Å². The van der Waals surface area contributed by atoms with Crippen molar-refractivity contribution in [3.8, 4) is 0 Å². The summed E-state index contributed by atoms with van der Waals surface area (Å²) in [7, 11) is 0. The van der Waals surface area contributed by atoms with Crippen molar-refractivity contribution in [2.45, 2.75) is 111 Å². The molecule has 0 aromatic heterocycles. The number of anilines is 1. The van der Waals surface area contributed by atoms with Crippen molar-refractivity contribution < 1.29 is 0 Å². The first-order valence-electron chi connectivity index (χ1n) is 14.3. The predicted octanol–water partition coefficient (Wildman–Crippen LogP) is 9.18. The number of allylic oxidation sites excluding steroid dienone is 2. The Bertz CT molecular complexity index is 869. The van der Waals surface area contributed by atoms with Crippen molar-refractivity contribution in [1.82, 2.24) is 0 Å². The van der Waals surface area contributed by atoms with E-state index in [9.17, 15) is 0 Å². The predicted molar refractivity (Wildman–Crippen MR) is 142 cm³/mol. The average molecular weight is 448 g/mol. The summed E-state index contributed by atoms with van der Waals surface area (Å²) >= 11 is 0. The lowest BCUT2D eigenvalue weighted by atomic mass is 9.44. The number of rotatable bonds is 6. The van der Waals surface area contributed by atoms with Crippen LogP contribution in [0.3, 0.4) is 0 Å². The lowest BCUT2D eigenvalue weighted by molar-refractivity contribution is -0.0695. The zero-order valence-electron chi connectivity index (χ0n) is 22.1. The van der Waals surface area contributed by atoms with Crippen LogP contribution in [0.15, 0.2) is 35.9 Å². The van der Waals surface area contributed by atoms with E-state index in [1.165, 1.54) is 81.9 Å². The molecule has 8 unspecified atom stereocenters. The molecule has 1 aromatic carbocycles. The number of hydrogen-bond donors (Lipinski definition) is 1. The summed E-state index contributed by atoms with van der Waals surface area (Å²) in [5.74, 6) is 4.83. The highest BCUT2D eigenvalue weighted by atomic mass is 14.9. The van der Waals surface area contributed by atoms with Gasteiger partial charge in [-0.1, -0.05) is 63.5 Å². The number of aryl methyl sites for hydroxylation is 1. The number of nitrogens with one attached hydrogen (secondary N) is 1. The topological polar surface area (TPSA) is 12.0 Å². The van der Waals surface area contributed by atoms with E-state index in [-0.39, 0.29) is 0 Å². The molecule has 3 fully saturated rings. The molecule has 1 N–H and O–H groups in total. The van der Waals surface area contributed by atoms with Gasteiger partial charge in [0.1, 0.15) is 0 Å². The first kappa shape index (κ1) is 23.5. The molecule has 1 nitrogen and oxygen atoms in total. The van der Waals surface area contributed by atoms with E-state index in [2.05, 4.69) is 70.3 Å². The minimum Gasteiger partial charge on any atom is -0.382 e. The summed E-state index contributed by atoms with van der Waals surface area (Å²) in [6.07, 6.45) is 18.6. The fraction of sp³-hybridized carbons (Fsp3) is 0.750. The second-order valence-electron chi connectivity index (χ2n) is 13.2. The molecule has 5 rings (SSSR count). The Balaban J connectivity index is 1.19. The Morgan fingerprint density at radius 1 is 1.06 bits per heavy atom. The van der Waals surface area contributed by atoms with Gasteiger partial charge < -0.3 is 5.32 Å². The van der Waals surface area contributed by atoms with Gasteiger partial charge in [0.25, 0.3) is 0 Å². The minimum atomic E-state index is 0.513. The molecule has 4 aliphatic carbocycles. The zero-order chi connectivity index (χ0) is 23.2. The largest absolute Gasteiger partial charge is 0.382 e. The molecule has 8 atom stereocenters. The Morgan fingerprint density at radius 3 is 2.70 bits per heavy atom. The van der Waals surface area contributed by atoms with Gasteiger partial charge in [-0.15, -0.1) is 0 Å². The van der Waals surface area contributed by atoms with Gasteiger partial charge in [0.15, 0.2) is 0 Å². The highest BCUT2D eigenvalue weighted by Gasteiger charge is 2.59. The Morgan fingerprint density at radius 2 is 1.88 bits per heavy atom. The fourth-order valence-electron chi connectivity index (χ4n) is 9.29. The molecule has 3 saturated carbocycles. The Labute approximate surface area is 204 Å². The van der Waals surface area contributed by atoms with Crippen LogP contribution in [-0.2, 0) is 0 Å². The third kappa shape index (κ3) is 4.21. The quantitative estimate of drug-likeness (QED) is 0.428. The Kier molecular flexibility index (Phi) is 6.47. The number of fused-ring (bicyclic) bond motifs is 5. The smallest absolute Gasteiger partial charge is 0.0371 e. The standard InChI is InChI=1S/C32H49N/c1-22-17-19-31(4)26(21-22)18-20-32(5)28-15-13-25(27(28)14-16-30(31)32)11-8-10-24(3)33-29-12-7-6-9-23(29)2/h6-7,9,12,18,22,24-25,27-28,30,33H,8,10-11,13-17,19-21H2,1-5H3. The molecule has 0 bridgehead atoms. The SMILES string of the molecule is Cc1ccccc1NC(C)CCCC1CCC2C1CCC1C3(C)CCC(C)CC3=CCC21C. The maximum Gasteiger partial charge on any atom is 0.0371 e. The summed E-state index contributed by atoms with van der Waals surface area (Å²) in [4.78, 5) is 0. The van der Waals surface area contributed by atoms with E-state index in [1.54, 1.807) is 0 Å². The van der Waals surface area contributed by atoms with E-state index in [0.29, 0.717) is 16.9 Å². The fourth-order valence-corrected chi connectivity index (χ4v) is 9.29. The van der Waals surface area contributed by atoms with Crippen LogP contribution in [0.2, 0.25) is 0 Å². The average Bonchev–Trinajstić information content (AvgIpc) is 3.20. The van der Waals surface area contributed by atoms with E-state index >= 15 is 0 Å². The molecule has 33 heavy (non-hydrogen) atoms. The first-order chi connectivity index (χ1) is 15.8. The highest BCUT2D eigenvalue weighted by Crippen LogP contribution is 2.68. The van der Waals surface area contributed by atoms with Crippen molar-refractivity contribution in [3.63, 3.8) is 0 Å². The third-order valence-corrected chi connectivity index (χ3v) is 11.2. The lowest BCUT2D eigenvalue weighted by Crippen LogP contribution is -2.52. The maximum atomic E-state index is 3.76. The second-order valence-corrected chi connectivity index (χ2v) is 13.2. The molecule has 182 valence electrons. The van der Waals surface area contributed by atoms with Crippen LogP contribution in [0.5, 0.6) is 0 Å². The molecule has 1 heteroatoms. The van der Waals surface area contributed by atoms with Crippen LogP contribution in [0.4, 0.5) is 5.69 Å². The van der Waals surface area contributed by atoms with Crippen LogP contribution >= 0.6 is 0 Å². The molecule has 0 saturated heterocycles. The van der Waals surface area contributed by atoms with Gasteiger partial charge in [0.05, 0.1) is 0 Å². The molecular formula is C32H49N. The zero-order valence-corrected chi connectivity index (χ0v) is 22.1. The van der Waals surface area contributed by atoms with Crippen molar-refractivity contribution in [2.24, 2.45) is 40.4 Å². The van der Waals surface area contributed by atoms with Gasteiger partial charge >= 0.3 is 0 Å². The van der Waals surface area contributed by atoms with Gasteiger partial charge in [0, 0.05) is 11.7 Å². The summed E-state index contributed by atoms with van der Waals surface area (Å²) < 4.78 is 0. The van der Waals surface area contributed by atoms with Crippen molar-refractivity contribution in [3.05, 3.63) is 41.5 Å². The van der Waals surface area contributed by atoms with E-state index in [0.717, 1.165) is 29.6 Å². The summed E-state index contributed by atoms with van der Waals surface area (Å²) in [6.45, 7) is 12.4. The second kappa shape index (κ2) is 9.09. The molecule has 0 amide bonds. The lowest BCUT2D eigenvalue weighted by Gasteiger charge is -2.61. The number of para-hydroxylation sites is 1. The van der Waals surface area contributed by atoms with Gasteiger partial charge in [-0.3, -0.25) is 0 Å². The molecule has 0 aliphatic heterocycles. The molecule has 0 heterocycles.